The number of aliphatic carboxylic acids is 1. The van der Waals surface area contributed by atoms with E-state index in [0.29, 0.717) is 5.75 Å². The molecule has 0 aliphatic heterocycles. The number of carbonyl (C=O) groups is 1. The summed E-state index contributed by atoms with van der Waals surface area (Å²) in [6, 6.07) is -0.710. The molecule has 0 heterocycles. The first-order valence-electron chi connectivity index (χ1n) is 5.67. The molecule has 0 amide bonds. The molecule has 0 radical (unpaired) electrons. The van der Waals surface area contributed by atoms with Crippen LogP contribution in [-0.2, 0) is 4.79 Å². The van der Waals surface area contributed by atoms with Crippen LogP contribution in [0.5, 0.6) is 0 Å². The van der Waals surface area contributed by atoms with Gasteiger partial charge in [0.1, 0.15) is 6.04 Å². The minimum Gasteiger partial charge on any atom is -0.480 e. The lowest BCUT2D eigenvalue weighted by Gasteiger charge is -2.14. The van der Waals surface area contributed by atoms with E-state index in [2.05, 4.69) is 13.8 Å². The van der Waals surface area contributed by atoms with Crippen molar-refractivity contribution in [2.45, 2.75) is 45.6 Å². The Bertz CT molecular complexity index is 176. The first-order chi connectivity index (χ1) is 7.11. The molecule has 3 N–H and O–H groups in total. The molecule has 0 spiro atoms. The molecule has 15 heavy (non-hydrogen) atoms. The van der Waals surface area contributed by atoms with Crippen molar-refractivity contribution in [1.82, 2.24) is 0 Å². The molecule has 4 heteroatoms. The minimum atomic E-state index is -0.899. The molecule has 0 saturated heterocycles. The Balaban J connectivity index is 3.57. The lowest BCUT2D eigenvalue weighted by atomic mass is 10.0. The van der Waals surface area contributed by atoms with Crippen molar-refractivity contribution in [2.75, 3.05) is 11.5 Å². The summed E-state index contributed by atoms with van der Waals surface area (Å²) in [7, 11) is 0. The highest BCUT2D eigenvalue weighted by Gasteiger charge is 2.12. The third-order valence-electron chi connectivity index (χ3n) is 2.51. The van der Waals surface area contributed by atoms with Gasteiger partial charge >= 0.3 is 5.97 Å². The quantitative estimate of drug-likeness (QED) is 0.641. The molecule has 0 fully saturated rings. The highest BCUT2D eigenvalue weighted by Crippen LogP contribution is 2.18. The maximum Gasteiger partial charge on any atom is 0.321 e. The van der Waals surface area contributed by atoms with Gasteiger partial charge in [-0.25, -0.2) is 0 Å². The van der Waals surface area contributed by atoms with Crippen LogP contribution in [0, 0.1) is 5.92 Å². The van der Waals surface area contributed by atoms with E-state index < -0.39 is 12.0 Å². The summed E-state index contributed by atoms with van der Waals surface area (Å²) in [6.45, 7) is 4.39. The number of carboxylic acids is 1. The van der Waals surface area contributed by atoms with Crippen molar-refractivity contribution in [3.63, 3.8) is 0 Å². The van der Waals surface area contributed by atoms with Crippen LogP contribution in [0.25, 0.3) is 0 Å². The molecule has 0 aromatic carbocycles. The Kier molecular flexibility index (Phi) is 8.91. The smallest absolute Gasteiger partial charge is 0.321 e. The maximum absolute atomic E-state index is 10.5. The summed E-state index contributed by atoms with van der Waals surface area (Å²) in [5.74, 6) is 1.38. The summed E-state index contributed by atoms with van der Waals surface area (Å²) < 4.78 is 0. The van der Waals surface area contributed by atoms with Crippen LogP contribution in [0.4, 0.5) is 0 Å². The third-order valence-corrected chi connectivity index (χ3v) is 3.81. The average molecular weight is 233 g/mol. The summed E-state index contributed by atoms with van der Waals surface area (Å²) in [4.78, 5) is 10.5. The molecule has 0 rings (SSSR count). The second kappa shape index (κ2) is 9.04. The Morgan fingerprint density at radius 2 is 2.07 bits per heavy atom. The fourth-order valence-electron chi connectivity index (χ4n) is 1.33. The van der Waals surface area contributed by atoms with Crippen LogP contribution >= 0.6 is 11.8 Å². The fourth-order valence-corrected chi connectivity index (χ4v) is 2.60. The topological polar surface area (TPSA) is 63.3 Å². The number of hydrogen-bond acceptors (Lipinski definition) is 3. The normalized spacial score (nSPS) is 14.9. The Labute approximate surface area is 96.8 Å². The number of thioether (sulfide) groups is 1. The van der Waals surface area contributed by atoms with Gasteiger partial charge in [-0.1, -0.05) is 33.1 Å². The van der Waals surface area contributed by atoms with E-state index in [-0.39, 0.29) is 0 Å². The lowest BCUT2D eigenvalue weighted by Crippen LogP contribution is -2.32. The van der Waals surface area contributed by atoms with E-state index >= 15 is 0 Å². The fraction of sp³-hybridized carbons (Fsp3) is 0.909. The van der Waals surface area contributed by atoms with Crippen LogP contribution in [0.3, 0.4) is 0 Å². The van der Waals surface area contributed by atoms with E-state index in [4.69, 9.17) is 10.8 Å². The number of rotatable bonds is 9. The average Bonchev–Trinajstić information content (AvgIpc) is 2.22. The predicted molar refractivity (Wildman–Crippen MR) is 66.2 cm³/mol. The van der Waals surface area contributed by atoms with Gasteiger partial charge < -0.3 is 10.8 Å². The van der Waals surface area contributed by atoms with Crippen LogP contribution < -0.4 is 5.73 Å². The van der Waals surface area contributed by atoms with Gasteiger partial charge in [0.2, 0.25) is 0 Å². The zero-order chi connectivity index (χ0) is 11.7. The zero-order valence-electron chi connectivity index (χ0n) is 9.74. The minimum absolute atomic E-state index is 0.526. The van der Waals surface area contributed by atoms with Gasteiger partial charge in [0, 0.05) is 5.75 Å². The van der Waals surface area contributed by atoms with Gasteiger partial charge in [0.15, 0.2) is 0 Å². The van der Waals surface area contributed by atoms with Gasteiger partial charge in [-0.15, -0.1) is 0 Å². The van der Waals surface area contributed by atoms with E-state index in [9.17, 15) is 4.79 Å². The number of unbranched alkanes of at least 4 members (excludes halogenated alkanes) is 1. The summed E-state index contributed by atoms with van der Waals surface area (Å²) in [6.07, 6.45) is 4.93. The molecule has 0 aromatic rings. The predicted octanol–water partition coefficient (Wildman–Crippen LogP) is 2.35. The zero-order valence-corrected chi connectivity index (χ0v) is 10.6. The van der Waals surface area contributed by atoms with Crippen LogP contribution in [-0.4, -0.2) is 28.6 Å². The van der Waals surface area contributed by atoms with Crippen molar-refractivity contribution in [1.29, 1.82) is 0 Å². The van der Waals surface area contributed by atoms with Crippen LogP contribution in [0.1, 0.15) is 39.5 Å². The largest absolute Gasteiger partial charge is 0.480 e. The monoisotopic (exact) mass is 233 g/mol. The van der Waals surface area contributed by atoms with Gasteiger partial charge in [0.05, 0.1) is 0 Å². The van der Waals surface area contributed by atoms with Crippen molar-refractivity contribution in [3.8, 4) is 0 Å². The Morgan fingerprint density at radius 1 is 1.40 bits per heavy atom. The second-order valence-electron chi connectivity index (χ2n) is 3.90. The number of hydrogen-bond donors (Lipinski definition) is 2. The van der Waals surface area contributed by atoms with E-state index in [1.807, 2.05) is 0 Å². The molecule has 0 bridgehead atoms. The molecule has 0 saturated carbocycles. The van der Waals surface area contributed by atoms with Crippen molar-refractivity contribution < 1.29 is 9.90 Å². The summed E-state index contributed by atoms with van der Waals surface area (Å²) >= 11 is 1.67. The maximum atomic E-state index is 10.5. The molecule has 0 aromatic heterocycles. The van der Waals surface area contributed by atoms with Crippen LogP contribution in [0.15, 0.2) is 0 Å². The lowest BCUT2D eigenvalue weighted by molar-refractivity contribution is -0.137. The molecule has 0 aliphatic carbocycles. The molecule has 3 nitrogen and oxygen atoms in total. The Morgan fingerprint density at radius 3 is 2.53 bits per heavy atom. The molecule has 0 aliphatic rings. The molecule has 2 atom stereocenters. The molecular formula is C11H23NO2S. The highest BCUT2D eigenvalue weighted by atomic mass is 32.2. The van der Waals surface area contributed by atoms with E-state index in [1.54, 1.807) is 11.8 Å². The first kappa shape index (κ1) is 14.8. The van der Waals surface area contributed by atoms with Gasteiger partial charge in [-0.2, -0.15) is 11.8 Å². The van der Waals surface area contributed by atoms with Crippen molar-refractivity contribution in [2.24, 2.45) is 11.7 Å². The number of nitrogens with two attached hydrogens (primary N) is 1. The van der Waals surface area contributed by atoms with Crippen molar-refractivity contribution >= 4 is 17.7 Å². The van der Waals surface area contributed by atoms with Gasteiger partial charge in [0.25, 0.3) is 0 Å². The first-order valence-corrected chi connectivity index (χ1v) is 6.83. The highest BCUT2D eigenvalue weighted by molar-refractivity contribution is 7.99. The third kappa shape index (κ3) is 7.68. The van der Waals surface area contributed by atoms with E-state index in [1.165, 1.54) is 25.7 Å². The molecule has 1 unspecified atom stereocenters. The molecule has 90 valence electrons. The Hall–Kier alpha value is -0.220. The SMILES string of the molecule is CCCCC(CC)CSC[C@@H](N)C(=O)O. The van der Waals surface area contributed by atoms with Gasteiger partial charge in [-0.05, 0) is 18.1 Å². The summed E-state index contributed by atoms with van der Waals surface area (Å²) in [5.41, 5.74) is 5.42. The second-order valence-corrected chi connectivity index (χ2v) is 4.97. The van der Waals surface area contributed by atoms with E-state index in [0.717, 1.165) is 11.7 Å². The standard InChI is InChI=1S/C11H23NO2S/c1-3-5-6-9(4-2)7-15-8-10(12)11(13)14/h9-10H,3-8,12H2,1-2H3,(H,13,14)/t9?,10-/m1/s1. The summed E-state index contributed by atoms with van der Waals surface area (Å²) in [5, 5.41) is 8.61. The number of carboxylic acid groups (broad SMARTS) is 1. The molecular weight excluding hydrogens is 210 g/mol. The van der Waals surface area contributed by atoms with Crippen molar-refractivity contribution in [3.05, 3.63) is 0 Å². The van der Waals surface area contributed by atoms with Gasteiger partial charge in [-0.3, -0.25) is 4.79 Å². The van der Waals surface area contributed by atoms with Crippen LogP contribution in [0.2, 0.25) is 0 Å².